The van der Waals surface area contributed by atoms with E-state index in [1.54, 1.807) is 0 Å². The van der Waals surface area contributed by atoms with Crippen molar-refractivity contribution in [3.63, 3.8) is 0 Å². The van der Waals surface area contributed by atoms with E-state index in [0.717, 1.165) is 27.8 Å². The molecule has 0 unspecified atom stereocenters. The molecule has 0 radical (unpaired) electrons. The van der Waals surface area contributed by atoms with E-state index < -0.39 is 9.84 Å². The minimum atomic E-state index is -3.14. The molecule has 2 rings (SSSR count). The molecule has 0 aliphatic carbocycles. The second-order valence-corrected chi connectivity index (χ2v) is 7.52. The minimum absolute atomic E-state index is 0.101. The van der Waals surface area contributed by atoms with Gasteiger partial charge in [-0.05, 0) is 37.5 Å². The van der Waals surface area contributed by atoms with Crippen molar-refractivity contribution in [1.82, 2.24) is 0 Å². The number of aryl methyl sites for hydroxylation is 3. The monoisotopic (exact) mass is 288 g/mol. The summed E-state index contributed by atoms with van der Waals surface area (Å²) in [4.78, 5) is 0. The summed E-state index contributed by atoms with van der Waals surface area (Å²) in [7, 11) is -3.14. The van der Waals surface area contributed by atoms with E-state index >= 15 is 0 Å². The van der Waals surface area contributed by atoms with Crippen molar-refractivity contribution >= 4 is 9.84 Å². The third-order valence-corrected chi connectivity index (χ3v) is 4.83. The van der Waals surface area contributed by atoms with E-state index in [2.05, 4.69) is 6.07 Å². The summed E-state index contributed by atoms with van der Waals surface area (Å²) >= 11 is 0. The maximum Gasteiger partial charge on any atom is 0.158 e. The number of sulfone groups is 1. The van der Waals surface area contributed by atoms with E-state index in [4.69, 9.17) is 0 Å². The van der Waals surface area contributed by atoms with Crippen LogP contribution in [0.3, 0.4) is 0 Å². The highest BCUT2D eigenvalue weighted by molar-refractivity contribution is 7.89. The second kappa shape index (κ2) is 5.80. The predicted molar refractivity (Wildman–Crippen MR) is 83.4 cm³/mol. The largest absolute Gasteiger partial charge is 0.228 e. The average molecular weight is 288 g/mol. The maximum absolute atomic E-state index is 12.3. The Labute approximate surface area is 121 Å². The molecular formula is C17H20O2S. The zero-order valence-corrected chi connectivity index (χ0v) is 13.0. The lowest BCUT2D eigenvalue weighted by molar-refractivity contribution is 0.594. The van der Waals surface area contributed by atoms with Crippen LogP contribution in [0.2, 0.25) is 0 Å². The predicted octanol–water partition coefficient (Wildman–Crippen LogP) is 3.73. The van der Waals surface area contributed by atoms with E-state index in [0.29, 0.717) is 0 Å². The fraction of sp³-hybridized carbons (Fsp3) is 0.294. The van der Waals surface area contributed by atoms with Gasteiger partial charge < -0.3 is 0 Å². The molecule has 3 heteroatoms. The van der Waals surface area contributed by atoms with E-state index in [-0.39, 0.29) is 11.5 Å². The molecule has 20 heavy (non-hydrogen) atoms. The first-order chi connectivity index (χ1) is 9.35. The SMILES string of the molecule is Cc1cc(C)cc(CS(=O)(=O)Cc2ccccc2C)c1. The van der Waals surface area contributed by atoms with Gasteiger partial charge in [-0.15, -0.1) is 0 Å². The van der Waals surface area contributed by atoms with Crippen molar-refractivity contribution in [2.45, 2.75) is 32.3 Å². The quantitative estimate of drug-likeness (QED) is 0.859. The van der Waals surface area contributed by atoms with Crippen LogP contribution in [0.1, 0.15) is 27.8 Å². The Balaban J connectivity index is 2.21. The topological polar surface area (TPSA) is 34.1 Å². The summed E-state index contributed by atoms with van der Waals surface area (Å²) in [6, 6.07) is 13.6. The molecule has 0 aliphatic rings. The van der Waals surface area contributed by atoms with Gasteiger partial charge in [0.25, 0.3) is 0 Å². The first kappa shape index (κ1) is 14.8. The van der Waals surface area contributed by atoms with E-state index in [1.165, 1.54) is 0 Å². The molecule has 0 bridgehead atoms. The van der Waals surface area contributed by atoms with Gasteiger partial charge in [-0.2, -0.15) is 0 Å². The summed E-state index contributed by atoms with van der Waals surface area (Å²) in [5.41, 5.74) is 4.99. The highest BCUT2D eigenvalue weighted by Crippen LogP contribution is 2.17. The van der Waals surface area contributed by atoms with Crippen LogP contribution in [-0.4, -0.2) is 8.42 Å². The molecule has 0 saturated heterocycles. The molecule has 2 aromatic rings. The van der Waals surface area contributed by atoms with Gasteiger partial charge in [0, 0.05) is 0 Å². The molecule has 0 aromatic heterocycles. The van der Waals surface area contributed by atoms with Crippen LogP contribution in [0.4, 0.5) is 0 Å². The zero-order valence-electron chi connectivity index (χ0n) is 12.2. The minimum Gasteiger partial charge on any atom is -0.228 e. The third kappa shape index (κ3) is 3.94. The Morgan fingerprint density at radius 3 is 2.05 bits per heavy atom. The summed E-state index contributed by atoms with van der Waals surface area (Å²) in [6.07, 6.45) is 0. The Kier molecular flexibility index (Phi) is 4.29. The summed E-state index contributed by atoms with van der Waals surface area (Å²) < 4.78 is 24.7. The molecule has 0 amide bonds. The molecule has 0 N–H and O–H groups in total. The smallest absolute Gasteiger partial charge is 0.158 e. The molecule has 0 saturated carbocycles. The van der Waals surface area contributed by atoms with Crippen LogP contribution in [0.25, 0.3) is 0 Å². The number of rotatable bonds is 4. The maximum atomic E-state index is 12.3. The van der Waals surface area contributed by atoms with E-state index in [1.807, 2.05) is 57.2 Å². The van der Waals surface area contributed by atoms with Crippen molar-refractivity contribution in [3.8, 4) is 0 Å². The van der Waals surface area contributed by atoms with Gasteiger partial charge in [0.05, 0.1) is 11.5 Å². The molecule has 0 spiro atoms. The lowest BCUT2D eigenvalue weighted by Gasteiger charge is -2.09. The highest BCUT2D eigenvalue weighted by Gasteiger charge is 2.14. The van der Waals surface area contributed by atoms with E-state index in [9.17, 15) is 8.42 Å². The summed E-state index contributed by atoms with van der Waals surface area (Å²) in [6.45, 7) is 5.93. The zero-order chi connectivity index (χ0) is 14.8. The first-order valence-corrected chi connectivity index (χ1v) is 8.50. The van der Waals surface area contributed by atoms with Crippen LogP contribution in [0, 0.1) is 20.8 Å². The van der Waals surface area contributed by atoms with Crippen molar-refractivity contribution in [2.75, 3.05) is 0 Å². The lowest BCUT2D eigenvalue weighted by atomic mass is 10.1. The fourth-order valence-corrected chi connectivity index (χ4v) is 4.04. The molecule has 2 aromatic carbocycles. The Hall–Kier alpha value is -1.61. The summed E-state index contributed by atoms with van der Waals surface area (Å²) in [5, 5.41) is 0. The van der Waals surface area contributed by atoms with Crippen LogP contribution in [0.5, 0.6) is 0 Å². The Morgan fingerprint density at radius 1 is 0.850 bits per heavy atom. The Morgan fingerprint density at radius 2 is 1.45 bits per heavy atom. The van der Waals surface area contributed by atoms with Crippen LogP contribution in [0.15, 0.2) is 42.5 Å². The molecule has 0 fully saturated rings. The summed E-state index contributed by atoms with van der Waals surface area (Å²) in [5.74, 6) is 0.205. The van der Waals surface area contributed by atoms with Crippen molar-refractivity contribution < 1.29 is 8.42 Å². The number of hydrogen-bond acceptors (Lipinski definition) is 2. The normalized spacial score (nSPS) is 11.6. The molecule has 106 valence electrons. The van der Waals surface area contributed by atoms with Crippen LogP contribution in [-0.2, 0) is 21.3 Å². The lowest BCUT2D eigenvalue weighted by Crippen LogP contribution is -2.09. The van der Waals surface area contributed by atoms with Gasteiger partial charge >= 0.3 is 0 Å². The van der Waals surface area contributed by atoms with Gasteiger partial charge in [0.1, 0.15) is 0 Å². The molecule has 0 aliphatic heterocycles. The van der Waals surface area contributed by atoms with Crippen molar-refractivity contribution in [2.24, 2.45) is 0 Å². The number of hydrogen-bond donors (Lipinski definition) is 0. The van der Waals surface area contributed by atoms with Crippen molar-refractivity contribution in [3.05, 3.63) is 70.3 Å². The van der Waals surface area contributed by atoms with Gasteiger partial charge in [-0.3, -0.25) is 0 Å². The van der Waals surface area contributed by atoms with Gasteiger partial charge in [0.15, 0.2) is 9.84 Å². The van der Waals surface area contributed by atoms with Crippen LogP contribution < -0.4 is 0 Å². The third-order valence-electron chi connectivity index (χ3n) is 3.30. The Bertz CT molecular complexity index is 695. The van der Waals surface area contributed by atoms with Gasteiger partial charge in [-0.1, -0.05) is 53.6 Å². The second-order valence-electron chi connectivity index (χ2n) is 5.45. The van der Waals surface area contributed by atoms with Crippen LogP contribution >= 0.6 is 0 Å². The molecule has 2 nitrogen and oxygen atoms in total. The molecular weight excluding hydrogens is 268 g/mol. The van der Waals surface area contributed by atoms with Crippen molar-refractivity contribution in [1.29, 1.82) is 0 Å². The highest BCUT2D eigenvalue weighted by atomic mass is 32.2. The number of benzene rings is 2. The standard InChI is InChI=1S/C17H20O2S/c1-13-8-14(2)10-16(9-13)11-20(18,19)12-17-7-5-4-6-15(17)3/h4-10H,11-12H2,1-3H3. The molecule has 0 heterocycles. The van der Waals surface area contributed by atoms with Gasteiger partial charge in [0.2, 0.25) is 0 Å². The fourth-order valence-electron chi connectivity index (χ4n) is 2.47. The van der Waals surface area contributed by atoms with Gasteiger partial charge in [-0.25, -0.2) is 8.42 Å². The molecule has 0 atom stereocenters. The first-order valence-electron chi connectivity index (χ1n) is 6.68. The average Bonchev–Trinajstić information content (AvgIpc) is 2.29.